The fraction of sp³-hybridized carbons (Fsp3) is 0.412. The van der Waals surface area contributed by atoms with Crippen LogP contribution in [-0.2, 0) is 19.0 Å². The lowest BCUT2D eigenvalue weighted by molar-refractivity contribution is 0.0782. The van der Waals surface area contributed by atoms with Crippen molar-refractivity contribution in [2.24, 2.45) is 7.05 Å². The lowest BCUT2D eigenvalue weighted by Crippen LogP contribution is -2.28. The fourth-order valence-electron chi connectivity index (χ4n) is 2.35. The zero-order chi connectivity index (χ0) is 16.5. The number of phenolic OH excluding ortho intramolecular Hbond substituents is 1. The smallest absolute Gasteiger partial charge is 0.257 e. The van der Waals surface area contributed by atoms with Crippen molar-refractivity contribution >= 4 is 5.91 Å². The first-order valence-electron chi connectivity index (χ1n) is 7.26. The average molecular weight is 301 g/mol. The summed E-state index contributed by atoms with van der Waals surface area (Å²) in [5.41, 5.74) is 2.22. The largest absolute Gasteiger partial charge is 0.508 e. The topological polar surface area (TPSA) is 58.4 Å². The van der Waals surface area contributed by atoms with Crippen molar-refractivity contribution in [3.05, 3.63) is 47.3 Å². The van der Waals surface area contributed by atoms with E-state index in [2.05, 4.69) is 5.10 Å². The molecule has 5 heteroatoms. The minimum absolute atomic E-state index is 0.0499. The number of aryl methyl sites for hydroxylation is 1. The molecule has 0 unspecified atom stereocenters. The van der Waals surface area contributed by atoms with Gasteiger partial charge in [-0.2, -0.15) is 5.10 Å². The molecular formula is C17H23N3O2. The number of rotatable bonds is 3. The van der Waals surface area contributed by atoms with Gasteiger partial charge in [-0.15, -0.1) is 0 Å². The highest BCUT2D eigenvalue weighted by atomic mass is 16.3. The standard InChI is InChI=1S/C17H23N3O2/c1-17(2,3)15-14(11-20(5)18-15)16(22)19(4)10-12-6-8-13(21)9-7-12/h6-9,11,21H,10H2,1-5H3. The van der Waals surface area contributed by atoms with E-state index in [0.717, 1.165) is 11.3 Å². The molecule has 1 aromatic carbocycles. The molecule has 22 heavy (non-hydrogen) atoms. The van der Waals surface area contributed by atoms with Gasteiger partial charge in [0.25, 0.3) is 5.91 Å². The van der Waals surface area contributed by atoms with Gasteiger partial charge in [0.05, 0.1) is 11.3 Å². The molecule has 0 atom stereocenters. The second-order valence-corrected chi connectivity index (χ2v) is 6.64. The summed E-state index contributed by atoms with van der Waals surface area (Å²) in [6, 6.07) is 6.87. The van der Waals surface area contributed by atoms with E-state index in [-0.39, 0.29) is 17.1 Å². The summed E-state index contributed by atoms with van der Waals surface area (Å²) < 4.78 is 1.68. The van der Waals surface area contributed by atoms with E-state index in [1.54, 1.807) is 35.0 Å². The Bertz CT molecular complexity index is 666. The van der Waals surface area contributed by atoms with Gasteiger partial charge in [-0.05, 0) is 17.7 Å². The van der Waals surface area contributed by atoms with E-state index < -0.39 is 0 Å². The monoisotopic (exact) mass is 301 g/mol. The highest BCUT2D eigenvalue weighted by Gasteiger charge is 2.27. The Labute approximate surface area is 131 Å². The number of hydrogen-bond donors (Lipinski definition) is 1. The summed E-state index contributed by atoms with van der Waals surface area (Å²) in [5.74, 6) is 0.172. The van der Waals surface area contributed by atoms with E-state index in [1.807, 2.05) is 40.0 Å². The molecular weight excluding hydrogens is 278 g/mol. The van der Waals surface area contributed by atoms with Crippen LogP contribution in [0.3, 0.4) is 0 Å². The summed E-state index contributed by atoms with van der Waals surface area (Å²) >= 11 is 0. The maximum atomic E-state index is 12.7. The highest BCUT2D eigenvalue weighted by Crippen LogP contribution is 2.25. The van der Waals surface area contributed by atoms with Crippen LogP contribution in [0.15, 0.2) is 30.5 Å². The Morgan fingerprint density at radius 3 is 2.41 bits per heavy atom. The predicted molar refractivity (Wildman–Crippen MR) is 85.8 cm³/mol. The van der Waals surface area contributed by atoms with Crippen molar-refractivity contribution in [1.82, 2.24) is 14.7 Å². The maximum absolute atomic E-state index is 12.7. The summed E-state index contributed by atoms with van der Waals surface area (Å²) in [7, 11) is 3.60. The number of aromatic nitrogens is 2. The maximum Gasteiger partial charge on any atom is 0.257 e. The van der Waals surface area contributed by atoms with Crippen LogP contribution >= 0.6 is 0 Å². The van der Waals surface area contributed by atoms with Crippen LogP contribution < -0.4 is 0 Å². The minimum Gasteiger partial charge on any atom is -0.508 e. The Hall–Kier alpha value is -2.30. The molecule has 1 heterocycles. The fourth-order valence-corrected chi connectivity index (χ4v) is 2.35. The zero-order valence-corrected chi connectivity index (χ0v) is 13.8. The van der Waals surface area contributed by atoms with E-state index in [4.69, 9.17) is 0 Å². The molecule has 0 aliphatic carbocycles. The Morgan fingerprint density at radius 1 is 1.27 bits per heavy atom. The summed E-state index contributed by atoms with van der Waals surface area (Å²) in [6.07, 6.45) is 1.77. The normalized spacial score (nSPS) is 11.5. The van der Waals surface area contributed by atoms with Gasteiger partial charge >= 0.3 is 0 Å². The third-order valence-electron chi connectivity index (χ3n) is 3.47. The van der Waals surface area contributed by atoms with Gasteiger partial charge in [-0.1, -0.05) is 32.9 Å². The van der Waals surface area contributed by atoms with Crippen molar-refractivity contribution in [1.29, 1.82) is 0 Å². The van der Waals surface area contributed by atoms with Crippen molar-refractivity contribution in [2.45, 2.75) is 32.7 Å². The Balaban J connectivity index is 2.22. The number of hydrogen-bond acceptors (Lipinski definition) is 3. The van der Waals surface area contributed by atoms with Crippen LogP contribution in [0.4, 0.5) is 0 Å². The van der Waals surface area contributed by atoms with Gasteiger partial charge in [0, 0.05) is 32.3 Å². The molecule has 1 amide bonds. The molecule has 0 aliphatic rings. The molecule has 0 spiro atoms. The Kier molecular flexibility index (Phi) is 4.26. The number of amides is 1. The number of nitrogens with zero attached hydrogens (tertiary/aromatic N) is 3. The second kappa shape index (κ2) is 5.83. The second-order valence-electron chi connectivity index (χ2n) is 6.64. The van der Waals surface area contributed by atoms with Crippen molar-refractivity contribution in [3.63, 3.8) is 0 Å². The van der Waals surface area contributed by atoms with Crippen molar-refractivity contribution < 1.29 is 9.90 Å². The van der Waals surface area contributed by atoms with Gasteiger partial charge in [0.1, 0.15) is 5.75 Å². The molecule has 118 valence electrons. The first kappa shape index (κ1) is 16.1. The van der Waals surface area contributed by atoms with E-state index in [0.29, 0.717) is 12.1 Å². The summed E-state index contributed by atoms with van der Waals surface area (Å²) in [4.78, 5) is 14.4. The van der Waals surface area contributed by atoms with E-state index in [1.165, 1.54) is 0 Å². The van der Waals surface area contributed by atoms with Crippen LogP contribution in [0.25, 0.3) is 0 Å². The van der Waals surface area contributed by atoms with Gasteiger partial charge in [-0.3, -0.25) is 9.48 Å². The molecule has 1 aromatic heterocycles. The zero-order valence-electron chi connectivity index (χ0n) is 13.8. The summed E-state index contributed by atoms with van der Waals surface area (Å²) in [5, 5.41) is 13.8. The van der Waals surface area contributed by atoms with E-state index in [9.17, 15) is 9.90 Å². The number of benzene rings is 1. The first-order valence-corrected chi connectivity index (χ1v) is 7.26. The van der Waals surface area contributed by atoms with Gasteiger partial charge in [-0.25, -0.2) is 0 Å². The number of carbonyl (C=O) groups is 1. The van der Waals surface area contributed by atoms with Crippen LogP contribution in [0.1, 0.15) is 42.4 Å². The predicted octanol–water partition coefficient (Wildman–Crippen LogP) is 2.70. The molecule has 1 N–H and O–H groups in total. The third kappa shape index (κ3) is 3.47. The molecule has 2 rings (SSSR count). The molecule has 0 bridgehead atoms. The quantitative estimate of drug-likeness (QED) is 0.948. The number of aromatic hydroxyl groups is 1. The van der Waals surface area contributed by atoms with Crippen LogP contribution in [0.2, 0.25) is 0 Å². The molecule has 0 aliphatic heterocycles. The Morgan fingerprint density at radius 2 is 1.86 bits per heavy atom. The molecule has 0 fully saturated rings. The van der Waals surface area contributed by atoms with Gasteiger partial charge < -0.3 is 10.0 Å². The lowest BCUT2D eigenvalue weighted by Gasteiger charge is -2.21. The molecule has 2 aromatic rings. The molecule has 0 saturated carbocycles. The van der Waals surface area contributed by atoms with Crippen molar-refractivity contribution in [2.75, 3.05) is 7.05 Å². The molecule has 0 saturated heterocycles. The number of carbonyl (C=O) groups excluding carboxylic acids is 1. The SMILES string of the molecule is CN(Cc1ccc(O)cc1)C(=O)c1cn(C)nc1C(C)(C)C. The minimum atomic E-state index is -0.189. The van der Waals surface area contributed by atoms with Gasteiger partial charge in [0.15, 0.2) is 0 Å². The van der Waals surface area contributed by atoms with Crippen molar-refractivity contribution in [3.8, 4) is 5.75 Å². The van der Waals surface area contributed by atoms with Gasteiger partial charge in [0.2, 0.25) is 0 Å². The third-order valence-corrected chi connectivity index (χ3v) is 3.47. The first-order chi connectivity index (χ1) is 10.2. The van der Waals surface area contributed by atoms with Crippen LogP contribution in [0, 0.1) is 0 Å². The summed E-state index contributed by atoms with van der Waals surface area (Å²) in [6.45, 7) is 6.63. The molecule has 0 radical (unpaired) electrons. The van der Waals surface area contributed by atoms with Crippen LogP contribution in [0.5, 0.6) is 5.75 Å². The highest BCUT2D eigenvalue weighted by molar-refractivity contribution is 5.95. The average Bonchev–Trinajstić information content (AvgIpc) is 2.82. The molecule has 5 nitrogen and oxygen atoms in total. The number of phenols is 1. The van der Waals surface area contributed by atoms with E-state index >= 15 is 0 Å². The lowest BCUT2D eigenvalue weighted by atomic mass is 9.89. The van der Waals surface area contributed by atoms with Crippen LogP contribution in [-0.4, -0.2) is 32.7 Å².